The van der Waals surface area contributed by atoms with E-state index in [1.807, 2.05) is 0 Å². The molecular formula is C24H30N4O13. The van der Waals surface area contributed by atoms with Gasteiger partial charge in [-0.2, -0.15) is 0 Å². The van der Waals surface area contributed by atoms with Crippen molar-refractivity contribution in [2.24, 2.45) is 0 Å². The van der Waals surface area contributed by atoms with E-state index in [0.717, 1.165) is 0 Å². The minimum atomic E-state index is -0.947. The highest BCUT2D eigenvalue weighted by atomic mass is 16.6. The topological polar surface area (TPSA) is 206 Å². The fourth-order valence-corrected chi connectivity index (χ4v) is 3.48. The Morgan fingerprint density at radius 2 is 0.951 bits per heavy atom. The van der Waals surface area contributed by atoms with Crippen LogP contribution in [-0.2, 0) is 23.7 Å². The first-order valence-corrected chi connectivity index (χ1v) is 12.5. The predicted octanol–water partition coefficient (Wildman–Crippen LogP) is 3.01. The smallest absolute Gasteiger partial charge is 0.306 e. The summed E-state index contributed by atoms with van der Waals surface area (Å²) in [6.07, 6.45) is 0. The summed E-state index contributed by atoms with van der Waals surface area (Å²) in [5.74, 6) is 0.530. The van der Waals surface area contributed by atoms with E-state index in [9.17, 15) is 30.3 Å². The van der Waals surface area contributed by atoms with E-state index in [0.29, 0.717) is 70.7 Å². The minimum Gasteiger partial charge on any atom is -0.487 e. The number of benzene rings is 2. The van der Waals surface area contributed by atoms with Crippen LogP contribution in [0.1, 0.15) is 0 Å². The number of non-ortho nitro benzene ring substituents is 1. The Kier molecular flexibility index (Phi) is 12.9. The molecule has 0 radical (unpaired) electrons. The van der Waals surface area contributed by atoms with Crippen LogP contribution in [-0.4, -0.2) is 94.1 Å². The van der Waals surface area contributed by atoms with Crippen LogP contribution in [0, 0.1) is 30.3 Å². The number of fused-ring (bicyclic) bond motifs is 1. The third-order valence-corrected chi connectivity index (χ3v) is 5.36. The van der Waals surface area contributed by atoms with Crippen molar-refractivity contribution < 1.29 is 47.9 Å². The van der Waals surface area contributed by atoms with Crippen molar-refractivity contribution >= 4 is 28.4 Å². The SMILES string of the molecule is O=[N+]([O-])c1cc([N+](=O)[O-])c(Nc2ccc3c(c2)OCCOCCOCCOCCOCCOCCO3)c([N+](=O)[O-])c1. The van der Waals surface area contributed by atoms with Crippen LogP contribution < -0.4 is 14.8 Å². The lowest BCUT2D eigenvalue weighted by Gasteiger charge is -2.15. The van der Waals surface area contributed by atoms with Crippen molar-refractivity contribution in [3.05, 3.63) is 60.7 Å². The highest BCUT2D eigenvalue weighted by Gasteiger charge is 2.31. The quantitative estimate of drug-likeness (QED) is 0.397. The van der Waals surface area contributed by atoms with Crippen LogP contribution in [0.25, 0.3) is 0 Å². The summed E-state index contributed by atoms with van der Waals surface area (Å²) in [4.78, 5) is 31.6. The number of nitro benzene ring substituents is 3. The zero-order chi connectivity index (χ0) is 29.5. The van der Waals surface area contributed by atoms with Gasteiger partial charge in [0.1, 0.15) is 13.2 Å². The maximum atomic E-state index is 11.6. The molecule has 0 saturated heterocycles. The maximum Gasteiger partial charge on any atom is 0.306 e. The second kappa shape index (κ2) is 16.8. The van der Waals surface area contributed by atoms with E-state index in [1.165, 1.54) is 18.2 Å². The average molecular weight is 583 g/mol. The molecule has 224 valence electrons. The minimum absolute atomic E-state index is 0.106. The van der Waals surface area contributed by atoms with Gasteiger partial charge in [-0.15, -0.1) is 0 Å². The molecule has 0 aromatic heterocycles. The van der Waals surface area contributed by atoms with Gasteiger partial charge in [0, 0.05) is 11.8 Å². The van der Waals surface area contributed by atoms with Crippen LogP contribution in [0.5, 0.6) is 11.5 Å². The molecule has 1 N–H and O–H groups in total. The molecule has 0 atom stereocenters. The number of hydrogen-bond donors (Lipinski definition) is 1. The molecule has 17 nitrogen and oxygen atoms in total. The van der Waals surface area contributed by atoms with Crippen molar-refractivity contribution in [2.75, 3.05) is 84.6 Å². The van der Waals surface area contributed by atoms with Gasteiger partial charge in [0.25, 0.3) is 5.69 Å². The summed E-state index contributed by atoms with van der Waals surface area (Å²) >= 11 is 0. The molecule has 41 heavy (non-hydrogen) atoms. The summed E-state index contributed by atoms with van der Waals surface area (Å²) in [5, 5.41) is 37.1. The molecule has 0 saturated carbocycles. The number of nitrogens with zero attached hydrogens (tertiary/aromatic N) is 3. The van der Waals surface area contributed by atoms with Crippen molar-refractivity contribution in [2.45, 2.75) is 0 Å². The Morgan fingerprint density at radius 1 is 0.537 bits per heavy atom. The molecule has 0 aliphatic carbocycles. The monoisotopic (exact) mass is 582 g/mol. The maximum absolute atomic E-state index is 11.6. The number of hydrogen-bond acceptors (Lipinski definition) is 14. The van der Waals surface area contributed by atoms with Gasteiger partial charge in [0.15, 0.2) is 17.2 Å². The molecule has 1 aliphatic heterocycles. The Morgan fingerprint density at radius 3 is 1.37 bits per heavy atom. The summed E-state index contributed by atoms with van der Waals surface area (Å²) < 4.78 is 38.8. The molecule has 0 amide bonds. The number of nitro groups is 3. The molecule has 2 aromatic carbocycles. The molecule has 0 fully saturated rings. The first-order valence-electron chi connectivity index (χ1n) is 12.5. The van der Waals surface area contributed by atoms with Gasteiger partial charge in [-0.25, -0.2) is 0 Å². The van der Waals surface area contributed by atoms with E-state index < -0.39 is 37.5 Å². The zero-order valence-corrected chi connectivity index (χ0v) is 22.0. The third kappa shape index (κ3) is 10.4. The summed E-state index contributed by atoms with van der Waals surface area (Å²) in [5.41, 5.74) is -2.83. The Bertz CT molecular complexity index is 1150. The van der Waals surface area contributed by atoms with Crippen LogP contribution in [0.2, 0.25) is 0 Å². The van der Waals surface area contributed by atoms with E-state index in [2.05, 4.69) is 5.32 Å². The van der Waals surface area contributed by atoms with E-state index in [4.69, 9.17) is 33.2 Å². The standard InChI is InChI=1S/C24H30N4O13/c29-26(30)19-16-20(27(31)32)24(21(17-19)28(33)34)25-18-1-2-22-23(15-18)41-14-12-39-10-8-37-6-4-35-3-5-36-7-9-38-11-13-40-22/h1-2,15-17,25H,3-14H2. The molecule has 1 aliphatic rings. The molecule has 0 spiro atoms. The molecule has 3 rings (SSSR count). The summed E-state index contributed by atoms with van der Waals surface area (Å²) in [6, 6.07) is 5.69. The summed E-state index contributed by atoms with van der Waals surface area (Å²) in [6.45, 7) is 3.85. The lowest BCUT2D eigenvalue weighted by molar-refractivity contribution is -0.401. The molecule has 17 heteroatoms. The molecule has 0 unspecified atom stereocenters. The van der Waals surface area contributed by atoms with Crippen molar-refractivity contribution in [3.63, 3.8) is 0 Å². The highest BCUT2D eigenvalue weighted by Crippen LogP contribution is 2.41. The van der Waals surface area contributed by atoms with Gasteiger partial charge in [-0.05, 0) is 12.1 Å². The normalized spacial score (nSPS) is 16.6. The largest absolute Gasteiger partial charge is 0.487 e. The first-order chi connectivity index (χ1) is 19.9. The van der Waals surface area contributed by atoms with Crippen LogP contribution in [0.3, 0.4) is 0 Å². The molecular weight excluding hydrogens is 552 g/mol. The van der Waals surface area contributed by atoms with Crippen molar-refractivity contribution in [1.82, 2.24) is 0 Å². The summed E-state index contributed by atoms with van der Waals surface area (Å²) in [7, 11) is 0. The highest BCUT2D eigenvalue weighted by molar-refractivity contribution is 5.81. The molecule has 2 aromatic rings. The molecule has 0 bridgehead atoms. The average Bonchev–Trinajstić information content (AvgIpc) is 2.94. The predicted molar refractivity (Wildman–Crippen MR) is 141 cm³/mol. The van der Waals surface area contributed by atoms with E-state index in [-0.39, 0.29) is 37.9 Å². The second-order valence-electron chi connectivity index (χ2n) is 8.18. The van der Waals surface area contributed by atoms with Gasteiger partial charge in [0.2, 0.25) is 0 Å². The van der Waals surface area contributed by atoms with Crippen LogP contribution in [0.4, 0.5) is 28.4 Å². The second-order valence-corrected chi connectivity index (χ2v) is 8.18. The first kappa shape index (κ1) is 31.4. The van der Waals surface area contributed by atoms with Crippen LogP contribution >= 0.6 is 0 Å². The number of rotatable bonds is 5. The number of anilines is 2. The van der Waals surface area contributed by atoms with Gasteiger partial charge in [-0.3, -0.25) is 30.3 Å². The third-order valence-electron chi connectivity index (χ3n) is 5.36. The van der Waals surface area contributed by atoms with E-state index >= 15 is 0 Å². The van der Waals surface area contributed by atoms with E-state index in [1.54, 1.807) is 0 Å². The fraction of sp³-hybridized carbons (Fsp3) is 0.500. The van der Waals surface area contributed by atoms with Gasteiger partial charge >= 0.3 is 11.4 Å². The molecule has 1 heterocycles. The number of ether oxygens (including phenoxy) is 7. The Balaban J connectivity index is 1.78. The number of nitrogens with one attached hydrogen (secondary N) is 1. The Labute approximate surface area is 233 Å². The van der Waals surface area contributed by atoms with Gasteiger partial charge < -0.3 is 38.5 Å². The van der Waals surface area contributed by atoms with Crippen LogP contribution in [0.15, 0.2) is 30.3 Å². The van der Waals surface area contributed by atoms with Gasteiger partial charge in [-0.1, -0.05) is 0 Å². The van der Waals surface area contributed by atoms with Gasteiger partial charge in [0.05, 0.1) is 93.0 Å². The fourth-order valence-electron chi connectivity index (χ4n) is 3.48. The lowest BCUT2D eigenvalue weighted by Crippen LogP contribution is -2.14. The lowest BCUT2D eigenvalue weighted by atomic mass is 10.2. The van der Waals surface area contributed by atoms with Crippen molar-refractivity contribution in [1.29, 1.82) is 0 Å². The Hall–Kier alpha value is -4.16. The zero-order valence-electron chi connectivity index (χ0n) is 22.0. The van der Waals surface area contributed by atoms with Crippen molar-refractivity contribution in [3.8, 4) is 11.5 Å².